The SMILES string of the molecule is C=C1CCC[C@@]2(C)C[C@@H]3OC(=O)[C@@H](C[NH2+][C@H](C)CCCC(C)C)[C@H]3C[C@@H]12. The van der Waals surface area contributed by atoms with Crippen LogP contribution < -0.4 is 5.32 Å². The maximum absolute atomic E-state index is 12.6. The first-order valence-electron chi connectivity index (χ1n) is 11.0. The average molecular weight is 363 g/mol. The molecule has 3 rings (SSSR count). The fourth-order valence-electron chi connectivity index (χ4n) is 5.87. The largest absolute Gasteiger partial charge is 0.462 e. The molecule has 0 unspecified atom stereocenters. The van der Waals surface area contributed by atoms with E-state index in [0.29, 0.717) is 23.3 Å². The van der Waals surface area contributed by atoms with Crippen LogP contribution in [0.25, 0.3) is 0 Å². The summed E-state index contributed by atoms with van der Waals surface area (Å²) in [6.07, 6.45) is 9.85. The Hall–Kier alpha value is -0.830. The summed E-state index contributed by atoms with van der Waals surface area (Å²) < 4.78 is 5.88. The summed E-state index contributed by atoms with van der Waals surface area (Å²) >= 11 is 0. The number of fused-ring (bicyclic) bond motifs is 2. The Morgan fingerprint density at radius 2 is 2.08 bits per heavy atom. The predicted octanol–water partition coefficient (Wildman–Crippen LogP) is 4.08. The molecule has 0 amide bonds. The minimum atomic E-state index is 0.0680. The van der Waals surface area contributed by atoms with Gasteiger partial charge >= 0.3 is 5.97 Å². The Morgan fingerprint density at radius 1 is 1.31 bits per heavy atom. The molecule has 3 aliphatic rings. The van der Waals surface area contributed by atoms with Crippen molar-refractivity contribution in [3.63, 3.8) is 0 Å². The number of hydrogen-bond acceptors (Lipinski definition) is 2. The number of rotatable bonds is 7. The number of carbonyl (C=O) groups is 1. The third-order valence-corrected chi connectivity index (χ3v) is 7.55. The van der Waals surface area contributed by atoms with Crippen molar-refractivity contribution in [3.8, 4) is 0 Å². The summed E-state index contributed by atoms with van der Waals surface area (Å²) in [4.78, 5) is 12.6. The third kappa shape index (κ3) is 4.18. The first kappa shape index (κ1) is 19.9. The molecule has 0 radical (unpaired) electrons. The van der Waals surface area contributed by atoms with Crippen molar-refractivity contribution in [2.75, 3.05) is 6.54 Å². The van der Waals surface area contributed by atoms with Gasteiger partial charge in [0.2, 0.25) is 0 Å². The zero-order valence-corrected chi connectivity index (χ0v) is 17.4. The number of carbonyl (C=O) groups excluding carboxylic acids is 1. The molecule has 0 bridgehead atoms. The standard InChI is InChI=1S/C23H39NO2/c1-15(2)8-6-10-17(4)24-14-19-18-12-20-16(3)9-7-11-23(20,5)13-21(18)26-22(19)25/h15,17-21,24H,3,6-14H2,1-2,4-5H3/p+1/t17-,18-,19+,20+,21+,23+/m1/s1. The Kier molecular flexibility index (Phi) is 6.16. The van der Waals surface area contributed by atoms with Gasteiger partial charge in [-0.2, -0.15) is 0 Å². The summed E-state index contributed by atoms with van der Waals surface area (Å²) in [6.45, 7) is 14.6. The van der Waals surface area contributed by atoms with Crippen molar-refractivity contribution in [3.05, 3.63) is 12.2 Å². The van der Waals surface area contributed by atoms with Crippen LogP contribution >= 0.6 is 0 Å². The van der Waals surface area contributed by atoms with Gasteiger partial charge in [-0.15, -0.1) is 0 Å². The van der Waals surface area contributed by atoms with E-state index in [1.54, 1.807) is 0 Å². The number of esters is 1. The zero-order valence-electron chi connectivity index (χ0n) is 17.4. The summed E-state index contributed by atoms with van der Waals surface area (Å²) in [5, 5.41) is 2.40. The molecule has 2 aliphatic carbocycles. The molecule has 0 spiro atoms. The Bertz CT molecular complexity index is 528. The smallest absolute Gasteiger partial charge is 0.315 e. The first-order chi connectivity index (χ1) is 12.3. The van der Waals surface area contributed by atoms with Crippen LogP contribution in [0, 0.1) is 29.1 Å². The summed E-state index contributed by atoms with van der Waals surface area (Å²) in [5.74, 6) is 1.95. The van der Waals surface area contributed by atoms with Gasteiger partial charge in [-0.25, -0.2) is 0 Å². The van der Waals surface area contributed by atoms with Crippen LogP contribution in [-0.4, -0.2) is 24.7 Å². The van der Waals surface area contributed by atoms with Crippen molar-refractivity contribution in [2.24, 2.45) is 29.1 Å². The second-order valence-electron chi connectivity index (χ2n) is 10.2. The molecule has 1 saturated heterocycles. The van der Waals surface area contributed by atoms with E-state index in [9.17, 15) is 4.79 Å². The average Bonchev–Trinajstić information content (AvgIpc) is 2.84. The maximum atomic E-state index is 12.6. The quantitative estimate of drug-likeness (QED) is 0.548. The van der Waals surface area contributed by atoms with E-state index in [0.717, 1.165) is 25.3 Å². The topological polar surface area (TPSA) is 42.9 Å². The molecule has 3 fully saturated rings. The lowest BCUT2D eigenvalue weighted by Crippen LogP contribution is -2.90. The van der Waals surface area contributed by atoms with E-state index < -0.39 is 0 Å². The molecule has 1 aliphatic heterocycles. The van der Waals surface area contributed by atoms with Gasteiger partial charge in [0, 0.05) is 5.92 Å². The molecule has 1 heterocycles. The van der Waals surface area contributed by atoms with Gasteiger partial charge in [-0.3, -0.25) is 4.79 Å². The molecule has 2 saturated carbocycles. The number of ether oxygens (including phenoxy) is 1. The van der Waals surface area contributed by atoms with Crippen LogP contribution in [0.15, 0.2) is 12.2 Å². The van der Waals surface area contributed by atoms with Crippen LogP contribution in [0.4, 0.5) is 0 Å². The van der Waals surface area contributed by atoms with Crippen LogP contribution in [-0.2, 0) is 9.53 Å². The lowest BCUT2D eigenvalue weighted by Gasteiger charge is -2.49. The van der Waals surface area contributed by atoms with Gasteiger partial charge in [0.05, 0.1) is 12.6 Å². The van der Waals surface area contributed by atoms with Crippen molar-refractivity contribution < 1.29 is 14.8 Å². The first-order valence-corrected chi connectivity index (χ1v) is 11.0. The lowest BCUT2D eigenvalue weighted by molar-refractivity contribution is -0.690. The second kappa shape index (κ2) is 8.04. The predicted molar refractivity (Wildman–Crippen MR) is 106 cm³/mol. The molecule has 3 nitrogen and oxygen atoms in total. The summed E-state index contributed by atoms with van der Waals surface area (Å²) in [5.41, 5.74) is 1.74. The van der Waals surface area contributed by atoms with Gasteiger partial charge in [-0.05, 0) is 69.1 Å². The number of hydrogen-bond donors (Lipinski definition) is 1. The van der Waals surface area contributed by atoms with Crippen molar-refractivity contribution >= 4 is 5.97 Å². The highest BCUT2D eigenvalue weighted by Gasteiger charge is 2.55. The molecule has 6 atom stereocenters. The third-order valence-electron chi connectivity index (χ3n) is 7.55. The molecule has 0 aromatic carbocycles. The van der Waals surface area contributed by atoms with Crippen LogP contribution in [0.5, 0.6) is 0 Å². The molecule has 0 aromatic rings. The summed E-state index contributed by atoms with van der Waals surface area (Å²) in [7, 11) is 0. The van der Waals surface area contributed by atoms with Gasteiger partial charge in [0.15, 0.2) is 0 Å². The summed E-state index contributed by atoms with van der Waals surface area (Å²) in [6, 6.07) is 0.596. The molecular formula is C23H40NO2+. The molecule has 148 valence electrons. The number of nitrogens with two attached hydrogens (primary N) is 1. The Morgan fingerprint density at radius 3 is 2.81 bits per heavy atom. The van der Waals surface area contributed by atoms with Gasteiger partial charge in [0.25, 0.3) is 0 Å². The Labute approximate surface area is 160 Å². The normalized spacial score (nSPS) is 38.0. The molecule has 3 heteroatoms. The van der Waals surface area contributed by atoms with Gasteiger partial charge in [0.1, 0.15) is 12.0 Å². The monoisotopic (exact) mass is 362 g/mol. The van der Waals surface area contributed by atoms with E-state index >= 15 is 0 Å². The molecule has 2 N–H and O–H groups in total. The highest BCUT2D eigenvalue weighted by atomic mass is 16.6. The van der Waals surface area contributed by atoms with Gasteiger partial charge in [-0.1, -0.05) is 39.3 Å². The molecule has 26 heavy (non-hydrogen) atoms. The van der Waals surface area contributed by atoms with E-state index in [4.69, 9.17) is 4.74 Å². The maximum Gasteiger partial charge on any atom is 0.315 e. The molecular weight excluding hydrogens is 322 g/mol. The van der Waals surface area contributed by atoms with Crippen LogP contribution in [0.1, 0.15) is 79.1 Å². The lowest BCUT2D eigenvalue weighted by atomic mass is 9.55. The fourth-order valence-corrected chi connectivity index (χ4v) is 5.87. The number of allylic oxidation sites excluding steroid dienone is 1. The minimum absolute atomic E-state index is 0.0680. The fraction of sp³-hybridized carbons (Fsp3) is 0.870. The number of quaternary nitrogens is 1. The Balaban J connectivity index is 1.56. The minimum Gasteiger partial charge on any atom is -0.462 e. The van der Waals surface area contributed by atoms with E-state index in [2.05, 4.69) is 39.6 Å². The van der Waals surface area contributed by atoms with Crippen molar-refractivity contribution in [2.45, 2.75) is 91.2 Å². The highest BCUT2D eigenvalue weighted by Crippen LogP contribution is 2.56. The van der Waals surface area contributed by atoms with Crippen molar-refractivity contribution in [1.82, 2.24) is 0 Å². The van der Waals surface area contributed by atoms with Crippen molar-refractivity contribution in [1.29, 1.82) is 0 Å². The second-order valence-corrected chi connectivity index (χ2v) is 10.2. The van der Waals surface area contributed by atoms with E-state index in [1.807, 2.05) is 0 Å². The van der Waals surface area contributed by atoms with E-state index in [1.165, 1.54) is 44.1 Å². The van der Waals surface area contributed by atoms with Crippen LogP contribution in [0.3, 0.4) is 0 Å². The van der Waals surface area contributed by atoms with Crippen LogP contribution in [0.2, 0.25) is 0 Å². The van der Waals surface area contributed by atoms with Gasteiger partial charge < -0.3 is 10.1 Å². The highest BCUT2D eigenvalue weighted by molar-refractivity contribution is 5.75. The molecule has 0 aromatic heterocycles. The van der Waals surface area contributed by atoms with E-state index in [-0.39, 0.29) is 18.0 Å². The zero-order chi connectivity index (χ0) is 18.9.